The van der Waals surface area contributed by atoms with Crippen LogP contribution in [0.5, 0.6) is 0 Å². The normalized spacial score (nSPS) is 11.4. The van der Waals surface area contributed by atoms with Crippen LogP contribution in [0.1, 0.15) is 30.9 Å². The van der Waals surface area contributed by atoms with Gasteiger partial charge in [-0.2, -0.15) is 5.10 Å². The molecule has 13 heavy (non-hydrogen) atoms. The summed E-state index contributed by atoms with van der Waals surface area (Å²) in [6, 6.07) is 4.23. The van der Waals surface area contributed by atoms with Gasteiger partial charge in [0.05, 0.1) is 11.7 Å². The summed E-state index contributed by atoms with van der Waals surface area (Å²) < 4.78 is 1.95. The fourth-order valence-corrected chi connectivity index (χ4v) is 1.69. The number of hydrogen-bond donors (Lipinski definition) is 0. The molecular formula is C11H14N2. The summed E-state index contributed by atoms with van der Waals surface area (Å²) in [6.07, 6.45) is 3.91. The van der Waals surface area contributed by atoms with Gasteiger partial charge in [0.25, 0.3) is 0 Å². The summed E-state index contributed by atoms with van der Waals surface area (Å²) in [7, 11) is 0. The molecule has 0 fully saturated rings. The van der Waals surface area contributed by atoms with Crippen LogP contribution in [-0.4, -0.2) is 9.61 Å². The number of rotatable bonds is 1. The molecule has 2 nitrogen and oxygen atoms in total. The van der Waals surface area contributed by atoms with Crippen LogP contribution in [0, 0.1) is 6.92 Å². The molecule has 2 heteroatoms. The van der Waals surface area contributed by atoms with Gasteiger partial charge >= 0.3 is 0 Å². The molecule has 0 unspecified atom stereocenters. The largest absolute Gasteiger partial charge is 0.240 e. The average molecular weight is 174 g/mol. The highest BCUT2D eigenvalue weighted by Crippen LogP contribution is 2.22. The Morgan fingerprint density at radius 1 is 1.38 bits per heavy atom. The highest BCUT2D eigenvalue weighted by molar-refractivity contribution is 5.60. The Bertz CT molecular complexity index is 427. The summed E-state index contributed by atoms with van der Waals surface area (Å²) in [4.78, 5) is 0. The third-order valence-corrected chi connectivity index (χ3v) is 2.38. The molecule has 0 aromatic carbocycles. The third kappa shape index (κ3) is 1.22. The fraction of sp³-hybridized carbons (Fsp3) is 0.364. The van der Waals surface area contributed by atoms with Crippen LogP contribution >= 0.6 is 0 Å². The van der Waals surface area contributed by atoms with E-state index in [4.69, 9.17) is 0 Å². The van der Waals surface area contributed by atoms with Crippen LogP contribution in [0.15, 0.2) is 24.5 Å². The van der Waals surface area contributed by atoms with Gasteiger partial charge in [0.2, 0.25) is 0 Å². The lowest BCUT2D eigenvalue weighted by Gasteiger charge is -2.07. The number of hydrogen-bond acceptors (Lipinski definition) is 1. The first kappa shape index (κ1) is 8.30. The molecule has 0 atom stereocenters. The molecule has 0 bridgehead atoms. The Hall–Kier alpha value is -1.31. The Balaban J connectivity index is 2.80. The van der Waals surface area contributed by atoms with Crippen molar-refractivity contribution in [1.82, 2.24) is 9.61 Å². The molecule has 68 valence electrons. The Labute approximate surface area is 78.2 Å². The number of aromatic nitrogens is 2. The molecule has 0 radical (unpaired) electrons. The molecule has 0 saturated carbocycles. The molecule has 2 rings (SSSR count). The maximum Gasteiger partial charge on any atom is 0.0725 e. The molecule has 0 N–H and O–H groups in total. The van der Waals surface area contributed by atoms with Crippen molar-refractivity contribution in [3.05, 3.63) is 35.7 Å². The van der Waals surface area contributed by atoms with E-state index < -0.39 is 0 Å². The van der Waals surface area contributed by atoms with Crippen LogP contribution < -0.4 is 0 Å². The second-order valence-corrected chi connectivity index (χ2v) is 3.74. The zero-order valence-electron chi connectivity index (χ0n) is 8.28. The van der Waals surface area contributed by atoms with Crippen molar-refractivity contribution in [2.24, 2.45) is 0 Å². The highest BCUT2D eigenvalue weighted by atomic mass is 15.2. The first-order valence-corrected chi connectivity index (χ1v) is 4.63. The van der Waals surface area contributed by atoms with Crippen molar-refractivity contribution in [2.75, 3.05) is 0 Å². The van der Waals surface area contributed by atoms with Crippen molar-refractivity contribution in [3.8, 4) is 0 Å². The van der Waals surface area contributed by atoms with Gasteiger partial charge < -0.3 is 0 Å². The van der Waals surface area contributed by atoms with Crippen molar-refractivity contribution >= 4 is 5.52 Å². The predicted molar refractivity (Wildman–Crippen MR) is 54.0 cm³/mol. The lowest BCUT2D eigenvalue weighted by molar-refractivity contribution is 0.853. The Kier molecular flexibility index (Phi) is 1.83. The van der Waals surface area contributed by atoms with E-state index in [1.165, 1.54) is 16.6 Å². The summed E-state index contributed by atoms with van der Waals surface area (Å²) in [5.41, 5.74) is 3.89. The second-order valence-electron chi connectivity index (χ2n) is 3.74. The zero-order valence-corrected chi connectivity index (χ0v) is 8.28. The summed E-state index contributed by atoms with van der Waals surface area (Å²) >= 11 is 0. The van der Waals surface area contributed by atoms with E-state index in [1.807, 2.05) is 16.9 Å². The van der Waals surface area contributed by atoms with Gasteiger partial charge in [-0.25, -0.2) is 4.52 Å². The first-order chi connectivity index (χ1) is 6.20. The summed E-state index contributed by atoms with van der Waals surface area (Å²) in [6.45, 7) is 6.53. The van der Waals surface area contributed by atoms with Gasteiger partial charge in [0.1, 0.15) is 0 Å². The van der Waals surface area contributed by atoms with Crippen LogP contribution in [0.3, 0.4) is 0 Å². The molecule has 0 spiro atoms. The Morgan fingerprint density at radius 2 is 2.15 bits per heavy atom. The number of pyridine rings is 1. The molecule has 0 aliphatic heterocycles. The lowest BCUT2D eigenvalue weighted by Crippen LogP contribution is -1.94. The predicted octanol–water partition coefficient (Wildman–Crippen LogP) is 2.77. The van der Waals surface area contributed by atoms with Gasteiger partial charge in [-0.05, 0) is 30.0 Å². The van der Waals surface area contributed by atoms with Crippen molar-refractivity contribution < 1.29 is 0 Å². The molecular weight excluding hydrogens is 160 g/mol. The molecule has 0 aliphatic rings. The van der Waals surface area contributed by atoms with Crippen LogP contribution in [0.2, 0.25) is 0 Å². The van der Waals surface area contributed by atoms with Gasteiger partial charge in [-0.15, -0.1) is 0 Å². The number of fused-ring (bicyclic) bond motifs is 1. The van der Waals surface area contributed by atoms with E-state index in [0.717, 1.165) is 0 Å². The van der Waals surface area contributed by atoms with Crippen molar-refractivity contribution in [3.63, 3.8) is 0 Å². The van der Waals surface area contributed by atoms with Gasteiger partial charge in [0.15, 0.2) is 0 Å². The van der Waals surface area contributed by atoms with Gasteiger partial charge in [-0.3, -0.25) is 0 Å². The topological polar surface area (TPSA) is 17.3 Å². The van der Waals surface area contributed by atoms with Gasteiger partial charge in [0, 0.05) is 6.20 Å². The fourth-order valence-electron chi connectivity index (χ4n) is 1.69. The zero-order chi connectivity index (χ0) is 9.42. The number of aryl methyl sites for hydroxylation is 1. The van der Waals surface area contributed by atoms with E-state index in [1.54, 1.807) is 0 Å². The minimum atomic E-state index is 0.555. The highest BCUT2D eigenvalue weighted by Gasteiger charge is 2.07. The van der Waals surface area contributed by atoms with Gasteiger partial charge in [-0.1, -0.05) is 19.9 Å². The average Bonchev–Trinajstić information content (AvgIpc) is 2.48. The standard InChI is InChI=1S/C11H14N2/c1-8(2)10-5-4-6-13-11(10)9(3)7-12-13/h4-8H,1-3H3. The minimum Gasteiger partial charge on any atom is -0.240 e. The SMILES string of the molecule is Cc1cnn2cccc(C(C)C)c12. The van der Waals surface area contributed by atoms with Crippen molar-refractivity contribution in [1.29, 1.82) is 0 Å². The van der Waals surface area contributed by atoms with E-state index in [2.05, 4.69) is 38.0 Å². The monoisotopic (exact) mass is 174 g/mol. The smallest absolute Gasteiger partial charge is 0.0725 e. The molecule has 2 aromatic rings. The van der Waals surface area contributed by atoms with E-state index in [0.29, 0.717) is 5.92 Å². The maximum absolute atomic E-state index is 4.28. The van der Waals surface area contributed by atoms with E-state index in [9.17, 15) is 0 Å². The lowest BCUT2D eigenvalue weighted by atomic mass is 10.0. The third-order valence-electron chi connectivity index (χ3n) is 2.38. The molecule has 0 amide bonds. The molecule has 0 saturated heterocycles. The Morgan fingerprint density at radius 3 is 2.85 bits per heavy atom. The molecule has 0 aliphatic carbocycles. The number of nitrogens with zero attached hydrogens (tertiary/aromatic N) is 2. The quantitative estimate of drug-likeness (QED) is 0.649. The maximum atomic E-state index is 4.28. The molecule has 2 aromatic heterocycles. The minimum absolute atomic E-state index is 0.555. The summed E-state index contributed by atoms with van der Waals surface area (Å²) in [5, 5.41) is 4.28. The van der Waals surface area contributed by atoms with Crippen LogP contribution in [-0.2, 0) is 0 Å². The van der Waals surface area contributed by atoms with Crippen LogP contribution in [0.4, 0.5) is 0 Å². The summed E-state index contributed by atoms with van der Waals surface area (Å²) in [5.74, 6) is 0.555. The second kappa shape index (κ2) is 2.87. The molecule has 2 heterocycles. The van der Waals surface area contributed by atoms with E-state index in [-0.39, 0.29) is 0 Å². The van der Waals surface area contributed by atoms with Crippen molar-refractivity contribution in [2.45, 2.75) is 26.7 Å². The first-order valence-electron chi connectivity index (χ1n) is 4.63. The van der Waals surface area contributed by atoms with Crippen LogP contribution in [0.25, 0.3) is 5.52 Å². The van der Waals surface area contributed by atoms with E-state index >= 15 is 0 Å².